The van der Waals surface area contributed by atoms with Crippen molar-refractivity contribution in [3.8, 4) is 11.8 Å². The van der Waals surface area contributed by atoms with E-state index < -0.39 is 5.60 Å². The number of β-amino-alcohol motifs (C(OH)–C–C–N with tert-alkyl or cyclic N) is 1. The van der Waals surface area contributed by atoms with Crippen LogP contribution in [0.4, 0.5) is 0 Å². The summed E-state index contributed by atoms with van der Waals surface area (Å²) in [7, 11) is 2.03. The van der Waals surface area contributed by atoms with Crippen LogP contribution in [0.1, 0.15) is 30.2 Å². The average molecular weight is 577 g/mol. The normalized spacial score (nSPS) is 23.9. The van der Waals surface area contributed by atoms with Crippen molar-refractivity contribution in [2.45, 2.75) is 25.4 Å². The van der Waals surface area contributed by atoms with E-state index in [9.17, 15) is 5.11 Å². The molecule has 5 nitrogen and oxygen atoms in total. The van der Waals surface area contributed by atoms with E-state index in [0.29, 0.717) is 6.54 Å². The number of ether oxygens (including phenoxy) is 1. The first-order valence-corrected chi connectivity index (χ1v) is 10.4. The molecule has 2 saturated heterocycles. The number of aliphatic hydroxyl groups is 1. The Balaban J connectivity index is 0.000000395. The van der Waals surface area contributed by atoms with Crippen molar-refractivity contribution >= 4 is 0 Å². The molecule has 2 fully saturated rings. The maximum Gasteiger partial charge on any atom is 2.00 e. The Kier molecular flexibility index (Phi) is 10.3. The summed E-state index contributed by atoms with van der Waals surface area (Å²) in [5.74, 6) is 6.50. The maximum atomic E-state index is 10.9. The van der Waals surface area contributed by atoms with Gasteiger partial charge in [0.15, 0.2) is 0 Å². The van der Waals surface area contributed by atoms with E-state index in [1.807, 2.05) is 31.3 Å². The Hall–Kier alpha value is -1.41. The number of morpholine rings is 1. The molecule has 1 aromatic heterocycles. The number of piperidine rings is 1. The molecule has 0 radical (unpaired) electrons. The first-order chi connectivity index (χ1) is 14.1. The molecule has 0 amide bonds. The number of nitrogens with zero attached hydrogens (tertiary/aromatic N) is 3. The van der Waals surface area contributed by atoms with E-state index in [1.54, 1.807) is 6.20 Å². The Labute approximate surface area is 194 Å². The third-order valence-corrected chi connectivity index (χ3v) is 5.47. The number of likely N-dealkylation sites (tertiary alicyclic amines) is 1. The van der Waals surface area contributed by atoms with Gasteiger partial charge < -0.3 is 25.0 Å². The number of likely N-dealkylation sites (N-methyl/N-ethyl adjacent to an activating group) is 1. The van der Waals surface area contributed by atoms with E-state index in [1.165, 1.54) is 5.56 Å². The van der Waals surface area contributed by atoms with Crippen LogP contribution in [-0.2, 0) is 32.2 Å². The molecule has 0 saturated carbocycles. The first kappa shape index (κ1) is 24.9. The van der Waals surface area contributed by atoms with E-state index in [2.05, 4.69) is 46.1 Å². The quantitative estimate of drug-likeness (QED) is 0.559. The summed E-state index contributed by atoms with van der Waals surface area (Å²) < 4.78 is 4.98. The largest absolute Gasteiger partial charge is 2.00 e. The average Bonchev–Trinajstić information content (AvgIpc) is 3.19. The van der Waals surface area contributed by atoms with Crippen LogP contribution >= 0.6 is 0 Å². The van der Waals surface area contributed by atoms with Crippen molar-refractivity contribution in [2.75, 3.05) is 46.4 Å². The zero-order chi connectivity index (χ0) is 20.5. The number of aromatic nitrogens is 1. The van der Waals surface area contributed by atoms with Gasteiger partial charge in [0.05, 0.1) is 0 Å². The van der Waals surface area contributed by atoms with Gasteiger partial charge in [-0.3, -0.25) is 0 Å². The third kappa shape index (κ3) is 7.37. The molecular formula is C24H31N3O2W. The van der Waals surface area contributed by atoms with Gasteiger partial charge >= 0.3 is 21.1 Å². The number of hydrogen-bond donors (Lipinski definition) is 1. The summed E-state index contributed by atoms with van der Waals surface area (Å²) >= 11 is 0. The van der Waals surface area contributed by atoms with E-state index in [0.717, 1.165) is 56.9 Å². The van der Waals surface area contributed by atoms with Crippen LogP contribution in [0.25, 0.3) is 5.32 Å². The zero-order valence-corrected chi connectivity index (χ0v) is 20.8. The molecule has 4 rings (SSSR count). The Morgan fingerprint density at radius 3 is 2.57 bits per heavy atom. The SMILES string of the molecule is C1COCC[N-]1.CC1CCN(C)CC1(O)C#Cc1cc[n-]c1Cc1ccccc1.[W+2]. The molecule has 2 atom stereocenters. The van der Waals surface area contributed by atoms with Crippen LogP contribution < -0.4 is 4.98 Å². The second kappa shape index (κ2) is 12.4. The van der Waals surface area contributed by atoms with Gasteiger partial charge in [0.25, 0.3) is 0 Å². The minimum Gasteiger partial charge on any atom is -0.666 e. The Morgan fingerprint density at radius 1 is 1.20 bits per heavy atom. The third-order valence-electron chi connectivity index (χ3n) is 5.47. The molecule has 30 heavy (non-hydrogen) atoms. The number of rotatable bonds is 2. The Morgan fingerprint density at radius 2 is 1.93 bits per heavy atom. The number of hydrogen-bond acceptors (Lipinski definition) is 3. The fraction of sp³-hybridized carbons (Fsp3) is 0.500. The summed E-state index contributed by atoms with van der Waals surface area (Å²) in [6.45, 7) is 7.17. The monoisotopic (exact) mass is 577 g/mol. The van der Waals surface area contributed by atoms with Crippen LogP contribution in [0.3, 0.4) is 0 Å². The Bertz CT molecular complexity index is 799. The van der Waals surface area contributed by atoms with E-state index >= 15 is 0 Å². The predicted octanol–water partition coefficient (Wildman–Crippen LogP) is 2.68. The minimum absolute atomic E-state index is 0. The molecule has 160 valence electrons. The van der Waals surface area contributed by atoms with Crippen molar-refractivity contribution in [1.29, 1.82) is 0 Å². The van der Waals surface area contributed by atoms with Gasteiger partial charge in [-0.15, -0.1) is 18.8 Å². The van der Waals surface area contributed by atoms with Crippen molar-refractivity contribution in [3.05, 3.63) is 64.7 Å². The van der Waals surface area contributed by atoms with Gasteiger partial charge in [0.2, 0.25) is 0 Å². The van der Waals surface area contributed by atoms with Crippen LogP contribution in [-0.4, -0.2) is 62.0 Å². The smallest absolute Gasteiger partial charge is 0.666 e. The molecule has 1 N–H and O–H groups in total. The summed E-state index contributed by atoms with van der Waals surface area (Å²) in [5, 5.41) is 14.9. The van der Waals surface area contributed by atoms with Gasteiger partial charge in [-0.2, -0.15) is 6.20 Å². The summed E-state index contributed by atoms with van der Waals surface area (Å²) in [4.78, 5) is 6.58. The summed E-state index contributed by atoms with van der Waals surface area (Å²) in [6, 6.07) is 12.2. The molecule has 2 aliphatic heterocycles. The zero-order valence-electron chi connectivity index (χ0n) is 17.9. The van der Waals surface area contributed by atoms with Gasteiger partial charge in [0.1, 0.15) is 5.60 Å². The van der Waals surface area contributed by atoms with Crippen molar-refractivity contribution in [3.63, 3.8) is 0 Å². The fourth-order valence-corrected chi connectivity index (χ4v) is 3.52. The first-order valence-electron chi connectivity index (χ1n) is 10.4. The molecule has 2 aliphatic rings. The van der Waals surface area contributed by atoms with Crippen molar-refractivity contribution < 1.29 is 30.9 Å². The molecule has 1 aromatic carbocycles. The van der Waals surface area contributed by atoms with Gasteiger partial charge in [0, 0.05) is 25.3 Å². The molecule has 0 bridgehead atoms. The molecule has 0 aliphatic carbocycles. The van der Waals surface area contributed by atoms with Gasteiger partial charge in [-0.25, -0.2) is 0 Å². The number of benzene rings is 1. The summed E-state index contributed by atoms with van der Waals surface area (Å²) in [5.41, 5.74) is 2.18. The standard InChI is InChI=1S/C20H23N2O.C4H8NO.W/c1-16-10-13-22(2)15-20(16,23)11-8-18-9-12-21-19(18)14-17-6-4-3-5-7-17;1-3-6-4-2-5-1;/h3-7,9,12,16,23H,10,13-15H2,1-2H3;1-4H2;/q2*-1;+2. The summed E-state index contributed by atoms with van der Waals surface area (Å²) in [6.07, 6.45) is 3.53. The van der Waals surface area contributed by atoms with Crippen LogP contribution in [0.2, 0.25) is 0 Å². The topological polar surface area (TPSA) is 60.9 Å². The van der Waals surface area contributed by atoms with Crippen molar-refractivity contribution in [1.82, 2.24) is 9.88 Å². The molecule has 3 heterocycles. The molecule has 0 spiro atoms. The second-order valence-electron chi connectivity index (χ2n) is 7.85. The predicted molar refractivity (Wildman–Crippen MR) is 116 cm³/mol. The fourth-order valence-electron chi connectivity index (χ4n) is 3.52. The molecule has 2 unspecified atom stereocenters. The van der Waals surface area contributed by atoms with Crippen LogP contribution in [0, 0.1) is 17.8 Å². The van der Waals surface area contributed by atoms with Crippen LogP contribution in [0.15, 0.2) is 42.6 Å². The van der Waals surface area contributed by atoms with Crippen molar-refractivity contribution in [2.24, 2.45) is 5.92 Å². The van der Waals surface area contributed by atoms with E-state index in [4.69, 9.17) is 4.74 Å². The van der Waals surface area contributed by atoms with Gasteiger partial charge in [-0.1, -0.05) is 55.2 Å². The molecule has 6 heteroatoms. The van der Waals surface area contributed by atoms with Gasteiger partial charge in [-0.05, 0) is 37.9 Å². The van der Waals surface area contributed by atoms with E-state index in [-0.39, 0.29) is 27.0 Å². The van der Waals surface area contributed by atoms with Crippen LogP contribution in [0.5, 0.6) is 0 Å². The molecule has 2 aromatic rings. The maximum absolute atomic E-state index is 10.9. The minimum atomic E-state index is -0.936. The second-order valence-corrected chi connectivity index (χ2v) is 7.85. The molecular weight excluding hydrogens is 546 g/mol.